The predicted molar refractivity (Wildman–Crippen MR) is 294 cm³/mol. The molecule has 0 aliphatic rings. The van der Waals surface area contributed by atoms with Crippen molar-refractivity contribution in [2.45, 2.75) is 176 Å². The zero-order valence-electron chi connectivity index (χ0n) is 47.7. The van der Waals surface area contributed by atoms with Crippen LogP contribution in [0.4, 0.5) is 48.3 Å². The molecular formula is C61H75Cl2F11N2O2. The van der Waals surface area contributed by atoms with Gasteiger partial charge in [-0.25, -0.2) is 13.2 Å². The number of hydrogen-bond acceptors (Lipinski definition) is 3. The monoisotopic (exact) mass is 1150 g/mol. The number of pyridine rings is 2. The molecule has 0 unspecified atom stereocenters. The Morgan fingerprint density at radius 3 is 1.36 bits per heavy atom. The van der Waals surface area contributed by atoms with Gasteiger partial charge in [0.1, 0.15) is 23.2 Å². The molecule has 432 valence electrons. The largest absolute Gasteiger partial charge is 0.619 e. The van der Waals surface area contributed by atoms with E-state index in [1.807, 2.05) is 80.5 Å². The quantitative estimate of drug-likeness (QED) is 0.0986. The number of para-hydroxylation sites is 1. The van der Waals surface area contributed by atoms with E-state index in [1.165, 1.54) is 48.4 Å². The lowest BCUT2D eigenvalue weighted by Crippen LogP contribution is -2.25. The van der Waals surface area contributed by atoms with Gasteiger partial charge in [0.05, 0.1) is 11.1 Å². The fourth-order valence-electron chi connectivity index (χ4n) is 7.16. The summed E-state index contributed by atoms with van der Waals surface area (Å²) in [6.07, 6.45) is -3.51. The van der Waals surface area contributed by atoms with Crippen molar-refractivity contribution in [2.24, 2.45) is 0 Å². The predicted octanol–water partition coefficient (Wildman–Crippen LogP) is 20.3. The van der Waals surface area contributed by atoms with Gasteiger partial charge in [0, 0.05) is 40.1 Å². The third-order valence-corrected chi connectivity index (χ3v) is 11.6. The molecule has 0 spiro atoms. The van der Waals surface area contributed by atoms with Gasteiger partial charge in [0.15, 0.2) is 12.4 Å². The number of benzene rings is 4. The molecular weight excluding hydrogens is 1070 g/mol. The zero-order chi connectivity index (χ0) is 60.8. The van der Waals surface area contributed by atoms with E-state index in [-0.39, 0.29) is 50.2 Å². The standard InChI is InChI=1S/C11H12F4.C11H14F2O.2C10H12ClF.C10H12F3N.C9H13NO/c1-10(2,3)8-5-4-7(12)6-9(8)11(13,14)15;1-11(2,3)8-6-4-5-7-9(8)14-10(12)13;1-10(2,3)8-6-7(11)4-5-9(8)12;1-10(2,3)9-7(11)5-4-6-8(9)12;1-9(2,3)7-4-5-14-6-8(7)10(11,12)13;1-9(2,3)8-4-6-10(11)7-5-8/h4-6H,1-3H3;4-7,10H,1-3H3;2*4-6H,1-3H3;4-6H,1-3H3;4-7H,1-3H3. The first kappa shape index (κ1) is 70.6. The van der Waals surface area contributed by atoms with Crippen LogP contribution < -0.4 is 9.47 Å². The maximum Gasteiger partial charge on any atom is 0.418 e. The van der Waals surface area contributed by atoms with Crippen LogP contribution >= 0.6 is 23.2 Å². The molecule has 0 atom stereocenters. The summed E-state index contributed by atoms with van der Waals surface area (Å²) in [5.41, 5.74) is 0.425. The first-order valence-corrected chi connectivity index (χ1v) is 25.4. The molecule has 0 saturated carbocycles. The summed E-state index contributed by atoms with van der Waals surface area (Å²) in [5, 5.41) is 11.8. The molecule has 0 aliphatic heterocycles. The van der Waals surface area contributed by atoms with Crippen molar-refractivity contribution >= 4 is 23.2 Å². The summed E-state index contributed by atoms with van der Waals surface area (Å²) >= 11 is 11.6. The van der Waals surface area contributed by atoms with E-state index in [2.05, 4.69) is 30.5 Å². The molecule has 6 aromatic rings. The van der Waals surface area contributed by atoms with Crippen LogP contribution in [-0.4, -0.2) is 11.6 Å². The molecule has 17 heteroatoms. The molecule has 2 heterocycles. The van der Waals surface area contributed by atoms with E-state index in [9.17, 15) is 53.5 Å². The fourth-order valence-corrected chi connectivity index (χ4v) is 7.78. The second kappa shape index (κ2) is 28.1. The Morgan fingerprint density at radius 2 is 0.962 bits per heavy atom. The van der Waals surface area contributed by atoms with Crippen LogP contribution in [0, 0.1) is 22.7 Å². The summed E-state index contributed by atoms with van der Waals surface area (Å²) in [6, 6.07) is 24.2. The van der Waals surface area contributed by atoms with E-state index in [4.69, 9.17) is 23.2 Å². The highest BCUT2D eigenvalue weighted by molar-refractivity contribution is 6.31. The average molecular weight is 1150 g/mol. The van der Waals surface area contributed by atoms with Crippen molar-refractivity contribution in [1.82, 2.24) is 4.98 Å². The minimum absolute atomic E-state index is 0.108. The van der Waals surface area contributed by atoms with E-state index in [0.29, 0.717) is 27.2 Å². The second-order valence-corrected chi connectivity index (χ2v) is 25.0. The molecule has 0 N–H and O–H groups in total. The number of alkyl halides is 8. The Hall–Kier alpha value is -5.41. The van der Waals surface area contributed by atoms with Crippen molar-refractivity contribution in [3.8, 4) is 5.75 Å². The molecule has 78 heavy (non-hydrogen) atoms. The van der Waals surface area contributed by atoms with Crippen molar-refractivity contribution in [2.75, 3.05) is 0 Å². The molecule has 0 saturated heterocycles. The third kappa shape index (κ3) is 24.3. The molecule has 6 rings (SSSR count). The molecule has 0 aliphatic carbocycles. The Balaban J connectivity index is 0.000000469. The Morgan fingerprint density at radius 1 is 0.474 bits per heavy atom. The van der Waals surface area contributed by atoms with Gasteiger partial charge in [-0.15, -0.1) is 0 Å². The summed E-state index contributed by atoms with van der Waals surface area (Å²) in [5.74, 6) is -1.02. The summed E-state index contributed by atoms with van der Waals surface area (Å²) in [7, 11) is 0. The summed E-state index contributed by atoms with van der Waals surface area (Å²) in [6.45, 7) is 31.4. The first-order valence-electron chi connectivity index (χ1n) is 24.6. The molecule has 2 aromatic heterocycles. The minimum atomic E-state index is -4.51. The van der Waals surface area contributed by atoms with Crippen LogP contribution in [0.2, 0.25) is 10.0 Å². The normalized spacial score (nSPS) is 12.2. The van der Waals surface area contributed by atoms with E-state index in [1.54, 1.807) is 84.0 Å². The lowest BCUT2D eigenvalue weighted by atomic mass is 9.83. The number of ether oxygens (including phenoxy) is 1. The van der Waals surface area contributed by atoms with Crippen LogP contribution in [-0.2, 0) is 44.8 Å². The second-order valence-electron chi connectivity index (χ2n) is 24.1. The van der Waals surface area contributed by atoms with Crippen LogP contribution in [0.15, 0.2) is 122 Å². The van der Waals surface area contributed by atoms with Crippen LogP contribution in [0.3, 0.4) is 0 Å². The molecule has 0 bridgehead atoms. The molecule has 0 radical (unpaired) electrons. The van der Waals surface area contributed by atoms with Gasteiger partial charge in [-0.2, -0.15) is 39.9 Å². The molecule has 0 fully saturated rings. The number of hydrogen-bond donors (Lipinski definition) is 0. The van der Waals surface area contributed by atoms with Crippen molar-refractivity contribution < 1.29 is 57.8 Å². The van der Waals surface area contributed by atoms with Crippen molar-refractivity contribution in [3.63, 3.8) is 0 Å². The van der Waals surface area contributed by atoms with Gasteiger partial charge >= 0.3 is 19.0 Å². The molecule has 4 aromatic carbocycles. The lowest BCUT2D eigenvalue weighted by molar-refractivity contribution is -0.605. The topological polar surface area (TPSA) is 49.1 Å². The van der Waals surface area contributed by atoms with E-state index < -0.39 is 46.7 Å². The number of aromatic nitrogens is 2. The van der Waals surface area contributed by atoms with Gasteiger partial charge in [0.2, 0.25) is 0 Å². The highest BCUT2D eigenvalue weighted by Crippen LogP contribution is 2.39. The van der Waals surface area contributed by atoms with Crippen LogP contribution in [0.1, 0.15) is 169 Å². The van der Waals surface area contributed by atoms with Gasteiger partial charge in [-0.3, -0.25) is 4.98 Å². The summed E-state index contributed by atoms with van der Waals surface area (Å²) < 4.78 is 144. The minimum Gasteiger partial charge on any atom is -0.619 e. The summed E-state index contributed by atoms with van der Waals surface area (Å²) in [4.78, 5) is 3.51. The highest BCUT2D eigenvalue weighted by Gasteiger charge is 2.38. The third-order valence-electron chi connectivity index (χ3n) is 11.1. The fraction of sp³-hybridized carbons (Fsp3) is 0.443. The van der Waals surface area contributed by atoms with Gasteiger partial charge in [-0.05, 0) is 115 Å². The maximum atomic E-state index is 13.3. The SMILES string of the molecule is CC(C)(C)c1c(F)cccc1Cl.CC(C)(C)c1cc(Cl)ccc1F.CC(C)(C)c1cc[n+]([O-])cc1.CC(C)(C)c1ccc(F)cc1C(F)(F)F.CC(C)(C)c1ccccc1OC(F)F.CC(C)(C)c1ccncc1C(F)(F)F. The Bertz CT molecular complexity index is 2740. The van der Waals surface area contributed by atoms with Gasteiger partial charge < -0.3 is 9.94 Å². The molecule has 4 nitrogen and oxygen atoms in total. The van der Waals surface area contributed by atoms with Crippen molar-refractivity contribution in [1.29, 1.82) is 0 Å². The maximum absolute atomic E-state index is 13.3. The lowest BCUT2D eigenvalue weighted by Gasteiger charge is -2.24. The zero-order valence-corrected chi connectivity index (χ0v) is 49.3. The molecule has 0 amide bonds. The van der Waals surface area contributed by atoms with Crippen molar-refractivity contribution in [3.05, 3.63) is 199 Å². The average Bonchev–Trinajstić information content (AvgIpc) is 3.26. The highest BCUT2D eigenvalue weighted by atomic mass is 35.5. The Kier molecular flexibility index (Phi) is 25.5. The van der Waals surface area contributed by atoms with Gasteiger partial charge in [-0.1, -0.05) is 178 Å². The first-order chi connectivity index (χ1) is 35.1. The smallest absolute Gasteiger partial charge is 0.418 e. The Labute approximate surface area is 465 Å². The number of rotatable bonds is 2. The number of halogens is 13. The van der Waals surface area contributed by atoms with E-state index in [0.717, 1.165) is 22.6 Å². The number of nitrogens with zero attached hydrogens (tertiary/aromatic N) is 2. The van der Waals surface area contributed by atoms with Crippen LogP contribution in [0.25, 0.3) is 0 Å². The van der Waals surface area contributed by atoms with Gasteiger partial charge in [0.25, 0.3) is 0 Å². The van der Waals surface area contributed by atoms with E-state index >= 15 is 0 Å². The van der Waals surface area contributed by atoms with Crippen LogP contribution in [0.5, 0.6) is 5.75 Å².